The fourth-order valence-corrected chi connectivity index (χ4v) is 2.22. The first-order valence-electron chi connectivity index (χ1n) is 5.04. The molecule has 0 saturated heterocycles. The molecule has 15 heavy (non-hydrogen) atoms. The second-order valence-corrected chi connectivity index (χ2v) is 3.97. The van der Waals surface area contributed by atoms with Crippen LogP contribution in [-0.4, -0.2) is 10.2 Å². The van der Waals surface area contributed by atoms with Gasteiger partial charge in [-0.15, -0.1) is 0 Å². The van der Waals surface area contributed by atoms with Crippen molar-refractivity contribution in [1.29, 1.82) is 0 Å². The zero-order valence-electron chi connectivity index (χ0n) is 8.16. The second kappa shape index (κ2) is 2.92. The van der Waals surface area contributed by atoms with E-state index in [1.165, 1.54) is 17.8 Å². The summed E-state index contributed by atoms with van der Waals surface area (Å²) in [4.78, 5) is 11.3. The number of hydrogen-bond donors (Lipinski definition) is 0. The number of carbonyl (C=O) groups is 1. The Hall–Kier alpha value is -1.64. The number of fused-ring (bicyclic) bond motifs is 3. The van der Waals surface area contributed by atoms with Crippen LogP contribution < -0.4 is 0 Å². The lowest BCUT2D eigenvalue weighted by Crippen LogP contribution is -2.13. The zero-order valence-corrected chi connectivity index (χ0v) is 8.16. The van der Waals surface area contributed by atoms with Crippen molar-refractivity contribution in [1.82, 2.24) is 4.40 Å². The van der Waals surface area contributed by atoms with Crippen LogP contribution in [0.3, 0.4) is 0 Å². The monoisotopic (exact) mass is 203 g/mol. The normalized spacial score (nSPS) is 15.7. The van der Waals surface area contributed by atoms with E-state index >= 15 is 0 Å². The molecular formula is C12H10FNO. The van der Waals surface area contributed by atoms with Crippen LogP contribution in [0.2, 0.25) is 0 Å². The zero-order chi connectivity index (χ0) is 10.4. The number of hydrogen-bond acceptors (Lipinski definition) is 1. The Kier molecular flexibility index (Phi) is 1.69. The first-order chi connectivity index (χ1) is 7.24. The SMILES string of the molecule is O=C1CCc2cc3ccc(F)cn3c2C1. The molecule has 3 rings (SSSR count). The summed E-state index contributed by atoms with van der Waals surface area (Å²) in [6.45, 7) is 0. The van der Waals surface area contributed by atoms with Crippen LogP contribution >= 0.6 is 0 Å². The molecule has 0 N–H and O–H groups in total. The highest BCUT2D eigenvalue weighted by atomic mass is 19.1. The van der Waals surface area contributed by atoms with Crippen molar-refractivity contribution in [3.05, 3.63) is 41.5 Å². The molecule has 0 amide bonds. The van der Waals surface area contributed by atoms with Gasteiger partial charge in [0.2, 0.25) is 0 Å². The van der Waals surface area contributed by atoms with Gasteiger partial charge in [0.05, 0.1) is 0 Å². The van der Waals surface area contributed by atoms with E-state index in [1.807, 2.05) is 6.07 Å². The first-order valence-corrected chi connectivity index (χ1v) is 5.04. The molecule has 0 fully saturated rings. The predicted octanol–water partition coefficient (Wildman–Crippen LogP) is 2.14. The van der Waals surface area contributed by atoms with Gasteiger partial charge in [0, 0.05) is 30.2 Å². The average molecular weight is 203 g/mol. The van der Waals surface area contributed by atoms with Crippen LogP contribution in [0.25, 0.3) is 5.52 Å². The van der Waals surface area contributed by atoms with Crippen molar-refractivity contribution in [2.75, 3.05) is 0 Å². The standard InChI is InChI=1S/C12H10FNO/c13-9-2-3-10-5-8-1-4-11(15)6-12(8)14(10)7-9/h2-3,5,7H,1,4,6H2. The van der Waals surface area contributed by atoms with E-state index in [1.54, 1.807) is 10.5 Å². The number of aryl methyl sites for hydroxylation is 1. The summed E-state index contributed by atoms with van der Waals surface area (Å²) in [5, 5.41) is 0. The van der Waals surface area contributed by atoms with Gasteiger partial charge in [-0.3, -0.25) is 4.79 Å². The first kappa shape index (κ1) is 8.65. The molecule has 0 unspecified atom stereocenters. The van der Waals surface area contributed by atoms with Gasteiger partial charge in [-0.05, 0) is 30.2 Å². The van der Waals surface area contributed by atoms with Gasteiger partial charge in [0.25, 0.3) is 0 Å². The molecule has 2 nitrogen and oxygen atoms in total. The van der Waals surface area contributed by atoms with Crippen LogP contribution in [0.4, 0.5) is 4.39 Å². The second-order valence-electron chi connectivity index (χ2n) is 3.97. The van der Waals surface area contributed by atoms with Gasteiger partial charge in [-0.1, -0.05) is 0 Å². The lowest BCUT2D eigenvalue weighted by molar-refractivity contribution is -0.118. The van der Waals surface area contributed by atoms with Gasteiger partial charge in [-0.25, -0.2) is 4.39 Å². The highest BCUT2D eigenvalue weighted by Gasteiger charge is 2.19. The van der Waals surface area contributed by atoms with Crippen LogP contribution in [0.5, 0.6) is 0 Å². The summed E-state index contributed by atoms with van der Waals surface area (Å²) in [5.41, 5.74) is 3.11. The molecule has 76 valence electrons. The molecule has 3 heteroatoms. The van der Waals surface area contributed by atoms with Crippen LogP contribution in [0.15, 0.2) is 24.4 Å². The number of pyridine rings is 1. The molecule has 0 saturated carbocycles. The van der Waals surface area contributed by atoms with E-state index in [0.29, 0.717) is 12.8 Å². The Morgan fingerprint density at radius 1 is 1.27 bits per heavy atom. The smallest absolute Gasteiger partial charge is 0.139 e. The van der Waals surface area contributed by atoms with Crippen molar-refractivity contribution >= 4 is 11.3 Å². The maximum absolute atomic E-state index is 13.1. The Morgan fingerprint density at radius 3 is 3.00 bits per heavy atom. The summed E-state index contributed by atoms with van der Waals surface area (Å²) in [7, 11) is 0. The molecule has 0 aliphatic heterocycles. The minimum absolute atomic E-state index is 0.242. The molecule has 2 heterocycles. The summed E-state index contributed by atoms with van der Waals surface area (Å²) in [6.07, 6.45) is 3.30. The Bertz CT molecular complexity index is 556. The number of nitrogens with zero attached hydrogens (tertiary/aromatic N) is 1. The summed E-state index contributed by atoms with van der Waals surface area (Å²) in [5.74, 6) is -0.0225. The van der Waals surface area contributed by atoms with Crippen molar-refractivity contribution in [3.8, 4) is 0 Å². The topological polar surface area (TPSA) is 21.5 Å². The summed E-state index contributed by atoms with van der Waals surface area (Å²) < 4.78 is 14.9. The molecule has 0 aromatic carbocycles. The number of ketones is 1. The third kappa shape index (κ3) is 1.27. The van der Waals surface area contributed by atoms with E-state index in [0.717, 1.165) is 17.6 Å². The predicted molar refractivity (Wildman–Crippen MR) is 54.4 cm³/mol. The van der Waals surface area contributed by atoms with Gasteiger partial charge in [-0.2, -0.15) is 0 Å². The van der Waals surface area contributed by atoms with E-state index in [9.17, 15) is 9.18 Å². The van der Waals surface area contributed by atoms with Gasteiger partial charge in [0.1, 0.15) is 11.6 Å². The molecule has 2 aromatic heterocycles. The van der Waals surface area contributed by atoms with Gasteiger partial charge in [0.15, 0.2) is 0 Å². The maximum Gasteiger partial charge on any atom is 0.139 e. The Balaban J connectivity index is 2.30. The molecule has 0 spiro atoms. The van der Waals surface area contributed by atoms with Crippen LogP contribution in [-0.2, 0) is 17.6 Å². The molecule has 1 aliphatic carbocycles. The Morgan fingerprint density at radius 2 is 2.13 bits per heavy atom. The molecule has 0 bridgehead atoms. The van der Waals surface area contributed by atoms with E-state index < -0.39 is 0 Å². The fourth-order valence-electron chi connectivity index (χ4n) is 2.22. The molecule has 0 atom stereocenters. The Labute approximate surface area is 86.3 Å². The average Bonchev–Trinajstić information content (AvgIpc) is 2.56. The van der Waals surface area contributed by atoms with Crippen LogP contribution in [0.1, 0.15) is 17.7 Å². The van der Waals surface area contributed by atoms with Crippen molar-refractivity contribution in [2.24, 2.45) is 0 Å². The highest BCUT2D eigenvalue weighted by Crippen LogP contribution is 2.23. The molecule has 2 aromatic rings. The number of rotatable bonds is 0. The number of halogens is 1. The van der Waals surface area contributed by atoms with Crippen LogP contribution in [0, 0.1) is 5.82 Å². The van der Waals surface area contributed by atoms with Gasteiger partial charge >= 0.3 is 0 Å². The lowest BCUT2D eigenvalue weighted by atomic mass is 9.97. The number of aromatic nitrogens is 1. The minimum Gasteiger partial charge on any atom is -0.317 e. The maximum atomic E-state index is 13.1. The number of carbonyl (C=O) groups excluding carboxylic acids is 1. The summed E-state index contributed by atoms with van der Waals surface area (Å²) in [6, 6.07) is 5.24. The van der Waals surface area contributed by atoms with Crippen molar-refractivity contribution in [3.63, 3.8) is 0 Å². The number of Topliss-reactive ketones (excluding diaryl/α,β-unsaturated/α-hetero) is 1. The largest absolute Gasteiger partial charge is 0.317 e. The van der Waals surface area contributed by atoms with E-state index in [2.05, 4.69) is 0 Å². The van der Waals surface area contributed by atoms with E-state index in [-0.39, 0.29) is 11.6 Å². The highest BCUT2D eigenvalue weighted by molar-refractivity contribution is 5.83. The molecular weight excluding hydrogens is 193 g/mol. The van der Waals surface area contributed by atoms with Crippen molar-refractivity contribution < 1.29 is 9.18 Å². The minimum atomic E-state index is -0.265. The fraction of sp³-hybridized carbons (Fsp3) is 0.250. The lowest BCUT2D eigenvalue weighted by Gasteiger charge is -2.11. The van der Waals surface area contributed by atoms with Gasteiger partial charge < -0.3 is 4.40 Å². The van der Waals surface area contributed by atoms with E-state index in [4.69, 9.17) is 0 Å². The quantitative estimate of drug-likeness (QED) is 0.642. The third-order valence-electron chi connectivity index (χ3n) is 2.97. The van der Waals surface area contributed by atoms with Crippen molar-refractivity contribution in [2.45, 2.75) is 19.3 Å². The molecule has 0 radical (unpaired) electrons. The summed E-state index contributed by atoms with van der Waals surface area (Å²) >= 11 is 0. The molecule has 1 aliphatic rings. The third-order valence-corrected chi connectivity index (χ3v) is 2.97.